The zero-order chi connectivity index (χ0) is 33.1. The van der Waals surface area contributed by atoms with Gasteiger partial charge in [-0.3, -0.25) is 14.3 Å². The van der Waals surface area contributed by atoms with Crippen molar-refractivity contribution in [2.45, 2.75) is 37.8 Å². The molecule has 1 atom stereocenters. The molecule has 0 heterocycles. The number of sulfonamides is 1. The normalized spacial score (nSPS) is 11.8. The second kappa shape index (κ2) is 15.9. The van der Waals surface area contributed by atoms with Crippen molar-refractivity contribution in [1.82, 2.24) is 10.2 Å². The highest BCUT2D eigenvalue weighted by Gasteiger charge is 2.31. The molecular weight excluding hydrogens is 609 g/mol. The molecule has 1 unspecified atom stereocenters. The molecule has 2 N–H and O–H groups in total. The second-order valence-electron chi connectivity index (χ2n) is 11.1. The van der Waals surface area contributed by atoms with Crippen LogP contribution >= 0.6 is 0 Å². The van der Waals surface area contributed by atoms with Crippen LogP contribution in [0, 0.1) is 11.7 Å². The fourth-order valence-electron chi connectivity index (χ4n) is 4.58. The van der Waals surface area contributed by atoms with Gasteiger partial charge in [-0.25, -0.2) is 12.8 Å². The summed E-state index contributed by atoms with van der Waals surface area (Å²) in [7, 11) is -2.38. The number of carbonyl (C=O) groups is 2. The van der Waals surface area contributed by atoms with Crippen LogP contribution < -0.4 is 19.5 Å². The number of nitrogens with one attached hydrogen (secondary N) is 2. The first-order valence-electron chi connectivity index (χ1n) is 14.8. The molecule has 0 aliphatic heterocycles. The SMILES string of the molecule is COc1ccc(CN(C(=O)COc2ccc(S(=O)(=O)Nc3ccc(F)cc3)cc2)C(Cc2ccccc2)C(=O)NCC(C)C)cc1. The van der Waals surface area contributed by atoms with Gasteiger partial charge in [0.2, 0.25) is 5.91 Å². The van der Waals surface area contributed by atoms with E-state index in [0.29, 0.717) is 18.7 Å². The van der Waals surface area contributed by atoms with Gasteiger partial charge in [0.05, 0.1) is 12.0 Å². The lowest BCUT2D eigenvalue weighted by Crippen LogP contribution is -2.52. The highest BCUT2D eigenvalue weighted by Crippen LogP contribution is 2.21. The fraction of sp³-hybridized carbons (Fsp3) is 0.257. The quantitative estimate of drug-likeness (QED) is 0.178. The Hall–Kier alpha value is -4.90. The number of benzene rings is 4. The number of hydrogen-bond donors (Lipinski definition) is 2. The summed E-state index contributed by atoms with van der Waals surface area (Å²) in [5.41, 5.74) is 1.91. The Balaban J connectivity index is 1.53. The molecule has 0 aliphatic carbocycles. The number of nitrogens with zero attached hydrogens (tertiary/aromatic N) is 1. The Morgan fingerprint density at radius 3 is 2.07 bits per heavy atom. The van der Waals surface area contributed by atoms with Gasteiger partial charge in [0.25, 0.3) is 15.9 Å². The molecule has 0 aromatic heterocycles. The number of hydrogen-bond acceptors (Lipinski definition) is 6. The third kappa shape index (κ3) is 9.80. The van der Waals surface area contributed by atoms with Crippen molar-refractivity contribution in [2.75, 3.05) is 25.0 Å². The minimum Gasteiger partial charge on any atom is -0.497 e. The fourth-order valence-corrected chi connectivity index (χ4v) is 5.64. The molecule has 4 aromatic carbocycles. The molecule has 9 nitrogen and oxygen atoms in total. The first-order valence-corrected chi connectivity index (χ1v) is 16.3. The standard InChI is InChI=1S/C35H38FN3O6S/c1-25(2)22-37-35(41)33(21-26-7-5-4-6-8-26)39(23-27-9-15-30(44-3)16-10-27)34(40)24-45-31-17-19-32(20-18-31)46(42,43)38-29-13-11-28(36)12-14-29/h4-20,25,33,38H,21-24H2,1-3H3,(H,37,41). The van der Waals surface area contributed by atoms with Gasteiger partial charge in [-0.1, -0.05) is 56.3 Å². The maximum atomic E-state index is 13.8. The van der Waals surface area contributed by atoms with Crippen molar-refractivity contribution in [1.29, 1.82) is 0 Å². The van der Waals surface area contributed by atoms with E-state index < -0.39 is 34.4 Å². The first-order chi connectivity index (χ1) is 22.0. The first kappa shape index (κ1) is 34.0. The number of halogens is 1. The monoisotopic (exact) mass is 647 g/mol. The topological polar surface area (TPSA) is 114 Å². The average Bonchev–Trinajstić information content (AvgIpc) is 3.06. The lowest BCUT2D eigenvalue weighted by atomic mass is 10.0. The summed E-state index contributed by atoms with van der Waals surface area (Å²) >= 11 is 0. The maximum Gasteiger partial charge on any atom is 0.261 e. The van der Waals surface area contributed by atoms with Crippen LogP contribution in [0.5, 0.6) is 11.5 Å². The summed E-state index contributed by atoms with van der Waals surface area (Å²) in [6, 6.07) is 26.4. The molecule has 46 heavy (non-hydrogen) atoms. The van der Waals surface area contributed by atoms with Crippen molar-refractivity contribution >= 4 is 27.5 Å². The molecule has 2 amide bonds. The summed E-state index contributed by atoms with van der Waals surface area (Å²) in [5.74, 6) is -0.0351. The van der Waals surface area contributed by atoms with Crippen LogP contribution in [0.1, 0.15) is 25.0 Å². The number of rotatable bonds is 15. The van der Waals surface area contributed by atoms with Crippen LogP contribution in [0.2, 0.25) is 0 Å². The Labute approximate surface area is 269 Å². The molecular formula is C35H38FN3O6S. The molecule has 0 aliphatic rings. The highest BCUT2D eigenvalue weighted by molar-refractivity contribution is 7.92. The average molecular weight is 648 g/mol. The molecule has 0 spiro atoms. The van der Waals surface area contributed by atoms with Crippen LogP contribution in [0.3, 0.4) is 0 Å². The zero-order valence-electron chi connectivity index (χ0n) is 26.0. The summed E-state index contributed by atoms with van der Waals surface area (Å²) in [6.45, 7) is 4.20. The van der Waals surface area contributed by atoms with Gasteiger partial charge in [0.15, 0.2) is 6.61 Å². The molecule has 0 radical (unpaired) electrons. The minimum atomic E-state index is -3.95. The predicted octanol–water partition coefficient (Wildman–Crippen LogP) is 5.43. The molecule has 0 fully saturated rings. The highest BCUT2D eigenvalue weighted by atomic mass is 32.2. The van der Waals surface area contributed by atoms with Gasteiger partial charge in [0.1, 0.15) is 23.4 Å². The van der Waals surface area contributed by atoms with Crippen LogP contribution in [0.15, 0.2) is 108 Å². The van der Waals surface area contributed by atoms with E-state index in [-0.39, 0.29) is 34.7 Å². The number of ether oxygens (including phenoxy) is 2. The van der Waals surface area contributed by atoms with Gasteiger partial charge in [-0.05, 0) is 77.7 Å². The molecule has 4 aromatic rings. The van der Waals surface area contributed by atoms with Gasteiger partial charge in [-0.2, -0.15) is 0 Å². The summed E-state index contributed by atoms with van der Waals surface area (Å²) in [4.78, 5) is 28.9. The second-order valence-corrected chi connectivity index (χ2v) is 12.8. The summed E-state index contributed by atoms with van der Waals surface area (Å²) in [6.07, 6.45) is 0.292. The van der Waals surface area contributed by atoms with Gasteiger partial charge >= 0.3 is 0 Å². The Bertz CT molecular complexity index is 1680. The van der Waals surface area contributed by atoms with E-state index in [2.05, 4.69) is 10.0 Å². The lowest BCUT2D eigenvalue weighted by Gasteiger charge is -2.31. The summed E-state index contributed by atoms with van der Waals surface area (Å²) < 4.78 is 52.3. The largest absolute Gasteiger partial charge is 0.497 e. The van der Waals surface area contributed by atoms with Crippen LogP contribution in [-0.2, 0) is 32.6 Å². The molecule has 0 bridgehead atoms. The predicted molar refractivity (Wildman–Crippen MR) is 174 cm³/mol. The number of amides is 2. The van der Waals surface area contributed by atoms with E-state index in [0.717, 1.165) is 23.3 Å². The number of anilines is 1. The Kier molecular flexibility index (Phi) is 11.7. The Morgan fingerprint density at radius 2 is 1.46 bits per heavy atom. The summed E-state index contributed by atoms with van der Waals surface area (Å²) in [5, 5.41) is 2.98. The van der Waals surface area contributed by atoms with Crippen molar-refractivity contribution in [3.05, 3.63) is 120 Å². The number of methoxy groups -OCH3 is 1. The molecule has 242 valence electrons. The van der Waals surface area contributed by atoms with Crippen LogP contribution in [0.25, 0.3) is 0 Å². The zero-order valence-corrected chi connectivity index (χ0v) is 26.8. The van der Waals surface area contributed by atoms with E-state index >= 15 is 0 Å². The van der Waals surface area contributed by atoms with E-state index in [1.165, 1.54) is 41.3 Å². The number of carbonyl (C=O) groups excluding carboxylic acids is 2. The van der Waals surface area contributed by atoms with Crippen molar-refractivity contribution < 1.29 is 31.9 Å². The van der Waals surface area contributed by atoms with Gasteiger partial charge in [0, 0.05) is 25.2 Å². The van der Waals surface area contributed by atoms with E-state index in [9.17, 15) is 22.4 Å². The molecule has 0 saturated heterocycles. The van der Waals surface area contributed by atoms with Crippen LogP contribution in [-0.4, -0.2) is 51.4 Å². The minimum absolute atomic E-state index is 0.0404. The van der Waals surface area contributed by atoms with Crippen LogP contribution in [0.4, 0.5) is 10.1 Å². The van der Waals surface area contributed by atoms with E-state index in [1.807, 2.05) is 56.3 Å². The Morgan fingerprint density at radius 1 is 0.826 bits per heavy atom. The van der Waals surface area contributed by atoms with Gasteiger partial charge in [-0.15, -0.1) is 0 Å². The maximum absolute atomic E-state index is 13.8. The van der Waals surface area contributed by atoms with E-state index in [1.54, 1.807) is 19.2 Å². The third-order valence-corrected chi connectivity index (χ3v) is 8.46. The van der Waals surface area contributed by atoms with Crippen molar-refractivity contribution in [3.8, 4) is 11.5 Å². The molecule has 0 saturated carbocycles. The third-order valence-electron chi connectivity index (χ3n) is 7.06. The van der Waals surface area contributed by atoms with E-state index in [4.69, 9.17) is 9.47 Å². The molecule has 4 rings (SSSR count). The smallest absolute Gasteiger partial charge is 0.261 e. The lowest BCUT2D eigenvalue weighted by molar-refractivity contribution is -0.142. The van der Waals surface area contributed by atoms with Crippen molar-refractivity contribution in [3.63, 3.8) is 0 Å². The van der Waals surface area contributed by atoms with Gasteiger partial charge < -0.3 is 19.7 Å². The van der Waals surface area contributed by atoms with Crippen molar-refractivity contribution in [2.24, 2.45) is 5.92 Å². The molecule has 11 heteroatoms.